The van der Waals surface area contributed by atoms with Crippen LogP contribution in [0.15, 0.2) is 46.9 Å². The van der Waals surface area contributed by atoms with Gasteiger partial charge in [0.15, 0.2) is 17.2 Å². The Morgan fingerprint density at radius 2 is 1.82 bits per heavy atom. The van der Waals surface area contributed by atoms with E-state index in [1.54, 1.807) is 18.2 Å². The van der Waals surface area contributed by atoms with Gasteiger partial charge in [-0.15, -0.1) is 11.3 Å². The molecule has 0 atom stereocenters. The van der Waals surface area contributed by atoms with Crippen molar-refractivity contribution in [2.75, 3.05) is 25.0 Å². The first-order valence-electron chi connectivity index (χ1n) is 11.6. The second-order valence-corrected chi connectivity index (χ2v) is 13.3. The number of benzene rings is 2. The number of halogens is 3. The minimum atomic E-state index is -3.58. The van der Waals surface area contributed by atoms with Crippen LogP contribution in [-0.4, -0.2) is 60.6 Å². The third-order valence-corrected chi connectivity index (χ3v) is 11.0. The van der Waals surface area contributed by atoms with Crippen molar-refractivity contribution < 1.29 is 33.0 Å². The normalized spacial score (nSPS) is 14.7. The van der Waals surface area contributed by atoms with Gasteiger partial charge in [-0.3, -0.25) is 0 Å². The molecule has 14 heteroatoms. The summed E-state index contributed by atoms with van der Waals surface area (Å²) in [6, 6.07) is 12.3. The van der Waals surface area contributed by atoms with Crippen LogP contribution in [0.4, 0.5) is 5.69 Å². The predicted octanol–water partition coefficient (Wildman–Crippen LogP) is 6.05. The highest BCUT2D eigenvalue weighted by atomic mass is 79.9. The molecule has 0 amide bonds. The van der Waals surface area contributed by atoms with Crippen LogP contribution in [-0.2, 0) is 20.6 Å². The Hall–Kier alpha value is -2.35. The summed E-state index contributed by atoms with van der Waals surface area (Å²) in [5.41, 5.74) is 1.95. The molecule has 1 saturated heterocycles. The first-order chi connectivity index (χ1) is 18.5. The van der Waals surface area contributed by atoms with Crippen LogP contribution in [0.2, 0.25) is 10.0 Å². The van der Waals surface area contributed by atoms with Crippen LogP contribution in [0.1, 0.15) is 28.1 Å². The fourth-order valence-electron chi connectivity index (χ4n) is 4.20. The number of carbonyl (C=O) groups is 2. The summed E-state index contributed by atoms with van der Waals surface area (Å²) in [7, 11) is -3.58. The van der Waals surface area contributed by atoms with Gasteiger partial charge in [0.1, 0.15) is 0 Å². The second-order valence-electron chi connectivity index (χ2n) is 8.76. The van der Waals surface area contributed by atoms with Crippen molar-refractivity contribution in [3.63, 3.8) is 0 Å². The van der Waals surface area contributed by atoms with Gasteiger partial charge in [0, 0.05) is 24.8 Å². The number of hydrogen-bond donors (Lipinski definition) is 3. The van der Waals surface area contributed by atoms with E-state index in [1.165, 1.54) is 4.31 Å². The predicted molar refractivity (Wildman–Crippen MR) is 155 cm³/mol. The molecule has 0 saturated carbocycles. The average Bonchev–Trinajstić information content (AvgIpc) is 3.22. The summed E-state index contributed by atoms with van der Waals surface area (Å²) in [6.07, 6.45) is 1.18. The van der Waals surface area contributed by atoms with Crippen molar-refractivity contribution >= 4 is 78.1 Å². The first kappa shape index (κ1) is 29.6. The number of nitrogens with zero attached hydrogens (tertiary/aromatic N) is 1. The summed E-state index contributed by atoms with van der Waals surface area (Å²) >= 11 is 16.6. The number of aromatic carboxylic acids is 1. The molecule has 2 aromatic carbocycles. The quantitative estimate of drug-likeness (QED) is 0.236. The van der Waals surface area contributed by atoms with Gasteiger partial charge in [0.05, 0.1) is 25.1 Å². The third kappa shape index (κ3) is 7.05. The number of nitrogens with one attached hydrogen (secondary N) is 1. The summed E-state index contributed by atoms with van der Waals surface area (Å²) in [5, 5.41) is 22.5. The number of rotatable bonds is 10. The molecule has 3 N–H and O–H groups in total. The Balaban J connectivity index is 1.43. The van der Waals surface area contributed by atoms with Gasteiger partial charge in [0.25, 0.3) is 0 Å². The molecule has 9 nitrogen and oxygen atoms in total. The van der Waals surface area contributed by atoms with E-state index in [9.17, 15) is 23.1 Å². The van der Waals surface area contributed by atoms with E-state index in [4.69, 9.17) is 33.0 Å². The molecule has 208 valence electrons. The van der Waals surface area contributed by atoms with Crippen LogP contribution < -0.4 is 10.1 Å². The van der Waals surface area contributed by atoms with Gasteiger partial charge in [-0.2, -0.15) is 0 Å². The van der Waals surface area contributed by atoms with Crippen molar-refractivity contribution in [3.8, 4) is 16.2 Å². The number of aliphatic carboxylic acids is 1. The van der Waals surface area contributed by atoms with E-state index >= 15 is 0 Å². The maximum absolute atomic E-state index is 13.0. The number of sulfonamides is 1. The maximum Gasteiger partial charge on any atom is 0.349 e. The van der Waals surface area contributed by atoms with E-state index < -0.39 is 28.6 Å². The lowest BCUT2D eigenvalue weighted by atomic mass is 10.1. The van der Waals surface area contributed by atoms with Gasteiger partial charge >= 0.3 is 11.9 Å². The zero-order chi connectivity index (χ0) is 28.3. The van der Waals surface area contributed by atoms with E-state index in [0.29, 0.717) is 51.4 Å². The lowest BCUT2D eigenvalue weighted by Crippen LogP contribution is -2.42. The average molecular weight is 678 g/mol. The molecule has 0 spiro atoms. The molecule has 0 unspecified atom stereocenters. The first-order valence-corrected chi connectivity index (χ1v) is 15.6. The molecule has 4 rings (SSSR count). The van der Waals surface area contributed by atoms with Crippen molar-refractivity contribution in [3.05, 3.63) is 67.4 Å². The molecule has 39 heavy (non-hydrogen) atoms. The van der Waals surface area contributed by atoms with E-state index in [0.717, 1.165) is 17.0 Å². The number of anilines is 1. The van der Waals surface area contributed by atoms with Crippen molar-refractivity contribution in [2.24, 2.45) is 0 Å². The van der Waals surface area contributed by atoms with Crippen LogP contribution >= 0.6 is 50.5 Å². The largest absolute Gasteiger partial charge is 0.479 e. The molecular formula is C25H23BrCl2N2O7S2. The SMILES string of the molecule is O=C(O)COc1c(C(=O)O)sc(-c2cccc(NC3CCN(S(=O)(=O)Cc4cccc(Cl)c4Cl)CC3)c2)c1Br. The van der Waals surface area contributed by atoms with Crippen LogP contribution in [0.5, 0.6) is 5.75 Å². The molecule has 1 aliphatic heterocycles. The number of thiophene rings is 1. The smallest absolute Gasteiger partial charge is 0.349 e. The van der Waals surface area contributed by atoms with Crippen LogP contribution in [0.25, 0.3) is 10.4 Å². The number of carboxylic acids is 2. The molecule has 1 aliphatic rings. The van der Waals surface area contributed by atoms with Gasteiger partial charge in [0.2, 0.25) is 10.0 Å². The minimum Gasteiger partial charge on any atom is -0.479 e. The summed E-state index contributed by atoms with van der Waals surface area (Å²) in [4.78, 5) is 23.1. The van der Waals surface area contributed by atoms with Crippen molar-refractivity contribution in [1.29, 1.82) is 0 Å². The minimum absolute atomic E-state index is 0.0253. The molecule has 1 aromatic heterocycles. The maximum atomic E-state index is 13.0. The Bertz CT molecular complexity index is 1510. The number of carboxylic acid groups (broad SMARTS) is 2. The Morgan fingerprint density at radius 1 is 1.13 bits per heavy atom. The van der Waals surface area contributed by atoms with E-state index in [1.807, 2.05) is 24.3 Å². The zero-order valence-corrected chi connectivity index (χ0v) is 24.9. The Morgan fingerprint density at radius 3 is 2.49 bits per heavy atom. The number of piperidine rings is 1. The fraction of sp³-hybridized carbons (Fsp3) is 0.280. The van der Waals surface area contributed by atoms with Gasteiger partial charge in [-0.25, -0.2) is 22.3 Å². The van der Waals surface area contributed by atoms with Crippen LogP contribution in [0.3, 0.4) is 0 Å². The monoisotopic (exact) mass is 676 g/mol. The fourth-order valence-corrected chi connectivity index (χ4v) is 8.13. The number of ether oxygens (including phenoxy) is 1. The van der Waals surface area contributed by atoms with Gasteiger partial charge in [-0.1, -0.05) is 47.5 Å². The molecule has 3 aromatic rings. The number of hydrogen-bond acceptors (Lipinski definition) is 7. The van der Waals surface area contributed by atoms with Crippen molar-refractivity contribution in [1.82, 2.24) is 4.31 Å². The molecular weight excluding hydrogens is 655 g/mol. The van der Waals surface area contributed by atoms with Crippen molar-refractivity contribution in [2.45, 2.75) is 24.6 Å². The van der Waals surface area contributed by atoms with E-state index in [2.05, 4.69) is 21.2 Å². The molecule has 0 bridgehead atoms. The Kier molecular flexibility index (Phi) is 9.45. The lowest BCUT2D eigenvalue weighted by molar-refractivity contribution is -0.139. The molecule has 0 radical (unpaired) electrons. The molecule has 1 fully saturated rings. The van der Waals surface area contributed by atoms with Gasteiger partial charge < -0.3 is 20.3 Å². The standard InChI is InChI=1S/C25H23BrCl2N2O7S2/c26-20-22(37-12-19(31)32)24(25(33)34)38-23(20)14-3-1-5-17(11-14)29-16-7-9-30(10-8-16)39(35,36)13-15-4-2-6-18(27)21(15)28/h1-6,11,16,29H,7-10,12-13H2,(H,31,32)(H,33,34). The highest BCUT2D eigenvalue weighted by Crippen LogP contribution is 2.46. The van der Waals surface area contributed by atoms with Gasteiger partial charge in [-0.05, 0) is 58.1 Å². The second kappa shape index (κ2) is 12.4. The molecule has 2 heterocycles. The highest BCUT2D eigenvalue weighted by molar-refractivity contribution is 9.10. The topological polar surface area (TPSA) is 133 Å². The summed E-state index contributed by atoms with van der Waals surface area (Å²) in [6.45, 7) is 0.0262. The Labute approximate surface area is 247 Å². The third-order valence-electron chi connectivity index (χ3n) is 6.06. The van der Waals surface area contributed by atoms with Crippen LogP contribution in [0, 0.1) is 0 Å². The summed E-state index contributed by atoms with van der Waals surface area (Å²) in [5.74, 6) is -2.69. The zero-order valence-electron chi connectivity index (χ0n) is 20.2. The summed E-state index contributed by atoms with van der Waals surface area (Å²) < 4.78 is 33.0. The molecule has 0 aliphatic carbocycles. The van der Waals surface area contributed by atoms with E-state index in [-0.39, 0.29) is 27.4 Å². The lowest BCUT2D eigenvalue weighted by Gasteiger charge is -2.32. The highest BCUT2D eigenvalue weighted by Gasteiger charge is 2.29.